The lowest BCUT2D eigenvalue weighted by Crippen LogP contribution is -2.24. The lowest BCUT2D eigenvalue weighted by molar-refractivity contribution is -0.120. The standard InChI is InChI=1S/C30H26N8O2S/c1-16(39)24-7-8-25(41-24)20-9-10-32-28-26(20)35-29(36-28)27-21-12-22(33-15-23(21)37-38-27)18-11-19(14-31-13-18)34-30(40)17-5-3-2-4-6-17/h7-15,17H,2-6H2,1H3,(H,34,40)(H,37,38)(H,32,35,36). The summed E-state index contributed by atoms with van der Waals surface area (Å²) in [5, 5.41) is 11.5. The minimum atomic E-state index is 0.0385. The van der Waals surface area contributed by atoms with E-state index < -0.39 is 0 Å². The number of imidazole rings is 1. The van der Waals surface area contributed by atoms with Crippen molar-refractivity contribution in [3.63, 3.8) is 0 Å². The van der Waals surface area contributed by atoms with Crippen LogP contribution >= 0.6 is 11.3 Å². The number of carbonyl (C=O) groups is 2. The van der Waals surface area contributed by atoms with Gasteiger partial charge in [-0.3, -0.25) is 24.7 Å². The SMILES string of the molecule is CC(=O)c1ccc(-c2ccnc3nc(-c4n[nH]c5cnc(-c6cncc(NC(=O)C7CCCCC7)c6)cc45)[nH]c23)s1. The van der Waals surface area contributed by atoms with Crippen LogP contribution in [0, 0.1) is 5.92 Å². The van der Waals surface area contributed by atoms with Crippen molar-refractivity contribution in [3.8, 4) is 33.2 Å². The van der Waals surface area contributed by atoms with E-state index in [9.17, 15) is 9.59 Å². The first-order valence-electron chi connectivity index (χ1n) is 13.6. The number of aromatic nitrogens is 7. The minimum Gasteiger partial charge on any atom is -0.335 e. The normalized spacial score (nSPS) is 14.1. The van der Waals surface area contributed by atoms with Crippen molar-refractivity contribution in [1.29, 1.82) is 0 Å². The monoisotopic (exact) mass is 562 g/mol. The van der Waals surface area contributed by atoms with Gasteiger partial charge in [0, 0.05) is 39.7 Å². The van der Waals surface area contributed by atoms with Gasteiger partial charge in [0.15, 0.2) is 17.3 Å². The van der Waals surface area contributed by atoms with E-state index in [0.29, 0.717) is 33.4 Å². The van der Waals surface area contributed by atoms with Crippen LogP contribution in [0.15, 0.2) is 55.1 Å². The molecule has 1 aliphatic rings. The van der Waals surface area contributed by atoms with Crippen LogP contribution in [0.4, 0.5) is 5.69 Å². The number of hydrogen-bond donors (Lipinski definition) is 3. The van der Waals surface area contributed by atoms with Gasteiger partial charge >= 0.3 is 0 Å². The van der Waals surface area contributed by atoms with Crippen LogP contribution in [0.2, 0.25) is 0 Å². The summed E-state index contributed by atoms with van der Waals surface area (Å²) in [5.41, 5.74) is 5.80. The maximum atomic E-state index is 12.8. The predicted octanol–water partition coefficient (Wildman–Crippen LogP) is 6.41. The lowest BCUT2D eigenvalue weighted by Gasteiger charge is -2.20. The molecule has 1 saturated carbocycles. The molecule has 0 aromatic carbocycles. The third kappa shape index (κ3) is 4.78. The highest BCUT2D eigenvalue weighted by Gasteiger charge is 2.22. The van der Waals surface area contributed by atoms with Crippen molar-refractivity contribution in [2.75, 3.05) is 5.32 Å². The molecule has 10 nitrogen and oxygen atoms in total. The van der Waals surface area contributed by atoms with Gasteiger partial charge in [0.05, 0.1) is 39.7 Å². The summed E-state index contributed by atoms with van der Waals surface area (Å²) in [6.45, 7) is 1.57. The maximum Gasteiger partial charge on any atom is 0.227 e. The van der Waals surface area contributed by atoms with Gasteiger partial charge in [-0.2, -0.15) is 5.10 Å². The van der Waals surface area contributed by atoms with E-state index >= 15 is 0 Å². The molecule has 6 aromatic rings. The zero-order valence-corrected chi connectivity index (χ0v) is 23.1. The summed E-state index contributed by atoms with van der Waals surface area (Å²) >= 11 is 1.44. The molecular weight excluding hydrogens is 536 g/mol. The van der Waals surface area contributed by atoms with E-state index in [0.717, 1.165) is 58.1 Å². The number of aromatic amines is 2. The number of amides is 1. The quantitative estimate of drug-likeness (QED) is 0.199. The third-order valence-corrected chi connectivity index (χ3v) is 8.78. The molecule has 11 heteroatoms. The number of Topliss-reactive ketones (excluding diaryl/α,β-unsaturated/α-hetero) is 1. The lowest BCUT2D eigenvalue weighted by atomic mass is 9.88. The third-order valence-electron chi connectivity index (χ3n) is 7.56. The Balaban J connectivity index is 1.22. The molecular formula is C30H26N8O2S. The second-order valence-corrected chi connectivity index (χ2v) is 11.4. The summed E-state index contributed by atoms with van der Waals surface area (Å²) in [7, 11) is 0. The average molecular weight is 563 g/mol. The molecule has 0 spiro atoms. The molecule has 0 saturated heterocycles. The molecule has 7 rings (SSSR count). The number of ketones is 1. The summed E-state index contributed by atoms with van der Waals surface area (Å²) in [6, 6.07) is 9.54. The van der Waals surface area contributed by atoms with Gasteiger partial charge in [0.2, 0.25) is 5.91 Å². The zero-order chi connectivity index (χ0) is 27.9. The number of hydrogen-bond acceptors (Lipinski definition) is 8. The van der Waals surface area contributed by atoms with Crippen LogP contribution in [0.5, 0.6) is 0 Å². The van der Waals surface area contributed by atoms with Crippen LogP contribution in [-0.2, 0) is 4.79 Å². The van der Waals surface area contributed by atoms with Crippen LogP contribution in [0.25, 0.3) is 55.3 Å². The van der Waals surface area contributed by atoms with E-state index in [2.05, 4.69) is 35.5 Å². The van der Waals surface area contributed by atoms with Crippen molar-refractivity contribution in [2.45, 2.75) is 39.0 Å². The Morgan fingerprint density at radius 2 is 1.90 bits per heavy atom. The first kappa shape index (κ1) is 25.2. The van der Waals surface area contributed by atoms with Gasteiger partial charge in [0.25, 0.3) is 0 Å². The number of thiophene rings is 1. The Morgan fingerprint density at radius 1 is 1.02 bits per heavy atom. The van der Waals surface area contributed by atoms with Crippen molar-refractivity contribution >= 4 is 50.8 Å². The van der Waals surface area contributed by atoms with Crippen LogP contribution in [0.1, 0.15) is 48.7 Å². The molecule has 1 amide bonds. The van der Waals surface area contributed by atoms with Gasteiger partial charge in [-0.05, 0) is 50.1 Å². The molecule has 0 atom stereocenters. The maximum absolute atomic E-state index is 12.8. The minimum absolute atomic E-state index is 0.0385. The largest absolute Gasteiger partial charge is 0.335 e. The summed E-state index contributed by atoms with van der Waals surface area (Å²) < 4.78 is 0. The Kier molecular flexibility index (Phi) is 6.35. The topological polar surface area (TPSA) is 142 Å². The number of fused-ring (bicyclic) bond motifs is 2. The number of nitrogens with zero attached hydrogens (tertiary/aromatic N) is 5. The average Bonchev–Trinajstić information content (AvgIpc) is 3.75. The highest BCUT2D eigenvalue weighted by atomic mass is 32.1. The fourth-order valence-electron chi connectivity index (χ4n) is 5.41. The summed E-state index contributed by atoms with van der Waals surface area (Å²) in [5.74, 6) is 0.724. The van der Waals surface area contributed by atoms with Crippen molar-refractivity contribution in [1.82, 2.24) is 35.1 Å². The van der Waals surface area contributed by atoms with Gasteiger partial charge in [0.1, 0.15) is 5.69 Å². The van der Waals surface area contributed by atoms with Crippen LogP contribution in [-0.4, -0.2) is 46.8 Å². The smallest absolute Gasteiger partial charge is 0.227 e. The number of pyridine rings is 3. The van der Waals surface area contributed by atoms with E-state index in [1.54, 1.807) is 31.7 Å². The molecule has 6 aromatic heterocycles. The predicted molar refractivity (Wildman–Crippen MR) is 159 cm³/mol. The highest BCUT2D eigenvalue weighted by molar-refractivity contribution is 7.17. The molecule has 1 aliphatic carbocycles. The Hall–Kier alpha value is -4.77. The van der Waals surface area contributed by atoms with Crippen LogP contribution in [0.3, 0.4) is 0 Å². The molecule has 41 heavy (non-hydrogen) atoms. The number of carbonyl (C=O) groups excluding carboxylic acids is 2. The Bertz CT molecular complexity index is 1930. The van der Waals surface area contributed by atoms with Crippen LogP contribution < -0.4 is 5.32 Å². The molecule has 0 unspecified atom stereocenters. The second-order valence-electron chi connectivity index (χ2n) is 10.3. The van der Waals surface area contributed by atoms with Crippen molar-refractivity contribution in [3.05, 3.63) is 60.0 Å². The van der Waals surface area contributed by atoms with Gasteiger partial charge in [-0.15, -0.1) is 11.3 Å². The molecule has 204 valence electrons. The van der Waals surface area contributed by atoms with Crippen molar-refractivity contribution in [2.24, 2.45) is 5.92 Å². The number of H-pyrrole nitrogens is 2. The molecule has 0 bridgehead atoms. The Morgan fingerprint density at radius 3 is 2.73 bits per heavy atom. The summed E-state index contributed by atoms with van der Waals surface area (Å²) in [4.78, 5) is 47.8. The first-order valence-corrected chi connectivity index (χ1v) is 14.4. The second kappa shape index (κ2) is 10.3. The fraction of sp³-hybridized carbons (Fsp3) is 0.233. The van der Waals surface area contributed by atoms with Gasteiger partial charge in [-0.25, -0.2) is 9.97 Å². The summed E-state index contributed by atoms with van der Waals surface area (Å²) in [6.07, 6.45) is 12.1. The van der Waals surface area contributed by atoms with Gasteiger partial charge < -0.3 is 10.3 Å². The first-order chi connectivity index (χ1) is 20.0. The van der Waals surface area contributed by atoms with E-state index in [4.69, 9.17) is 4.98 Å². The number of anilines is 1. The van der Waals surface area contributed by atoms with Crippen molar-refractivity contribution < 1.29 is 9.59 Å². The van der Waals surface area contributed by atoms with E-state index in [1.807, 2.05) is 30.3 Å². The molecule has 0 aliphatic heterocycles. The van der Waals surface area contributed by atoms with E-state index in [-0.39, 0.29) is 17.6 Å². The molecule has 6 heterocycles. The van der Waals surface area contributed by atoms with E-state index in [1.165, 1.54) is 17.8 Å². The van der Waals surface area contributed by atoms with Gasteiger partial charge in [-0.1, -0.05) is 19.3 Å². The molecule has 0 radical (unpaired) electrons. The number of nitrogens with one attached hydrogen (secondary N) is 3. The Labute approximate surface area is 238 Å². The number of rotatable bonds is 6. The fourth-order valence-corrected chi connectivity index (χ4v) is 6.35. The zero-order valence-electron chi connectivity index (χ0n) is 22.3. The molecule has 1 fully saturated rings. The highest BCUT2D eigenvalue weighted by Crippen LogP contribution is 2.35. The molecule has 3 N–H and O–H groups in total.